The van der Waals surface area contributed by atoms with Crippen molar-refractivity contribution in [3.05, 3.63) is 58.4 Å². The van der Waals surface area contributed by atoms with E-state index in [2.05, 4.69) is 10.3 Å². The quantitative estimate of drug-likeness (QED) is 0.690. The van der Waals surface area contributed by atoms with Crippen LogP contribution in [0.15, 0.2) is 47.2 Å². The van der Waals surface area contributed by atoms with E-state index in [0.29, 0.717) is 5.69 Å². The molecule has 0 aliphatic carbocycles. The van der Waals surface area contributed by atoms with Crippen molar-refractivity contribution in [3.8, 4) is 0 Å². The molecule has 1 aromatic carbocycles. The summed E-state index contributed by atoms with van der Waals surface area (Å²) < 4.78 is 0. The summed E-state index contributed by atoms with van der Waals surface area (Å²) in [4.78, 5) is 15.1. The van der Waals surface area contributed by atoms with Crippen LogP contribution in [0.4, 0.5) is 0 Å². The van der Waals surface area contributed by atoms with Crippen molar-refractivity contribution in [1.82, 2.24) is 10.3 Å². The number of aromatic amines is 1. The number of aromatic nitrogens is 1. The lowest BCUT2D eigenvalue weighted by Gasteiger charge is -2.09. The highest BCUT2D eigenvalue weighted by Crippen LogP contribution is 2.16. The first-order valence-corrected chi connectivity index (χ1v) is 7.24. The number of benzene rings is 1. The average Bonchev–Trinajstić information content (AvgIpc) is 3.12. The van der Waals surface area contributed by atoms with Crippen molar-refractivity contribution in [2.45, 2.75) is 6.10 Å². The van der Waals surface area contributed by atoms with Gasteiger partial charge in [-0.25, -0.2) is 0 Å². The summed E-state index contributed by atoms with van der Waals surface area (Å²) in [6.45, 7) is 0.199. The number of aliphatic hydroxyl groups is 1. The van der Waals surface area contributed by atoms with Gasteiger partial charge >= 0.3 is 0 Å². The number of para-hydroxylation sites is 1. The smallest absolute Gasteiger partial charge is 0.267 e. The molecular weight excluding hydrogens is 272 g/mol. The maximum atomic E-state index is 12.0. The molecule has 2 heterocycles. The van der Waals surface area contributed by atoms with Crippen LogP contribution in [0.1, 0.15) is 22.2 Å². The zero-order chi connectivity index (χ0) is 13.9. The van der Waals surface area contributed by atoms with Crippen LogP contribution in [0, 0.1) is 0 Å². The molecule has 4 nitrogen and oxygen atoms in total. The summed E-state index contributed by atoms with van der Waals surface area (Å²) in [6, 6.07) is 11.4. The fraction of sp³-hybridized carbons (Fsp3) is 0.133. The molecule has 0 bridgehead atoms. The Bertz CT molecular complexity index is 685. The largest absolute Gasteiger partial charge is 0.387 e. The first-order valence-electron chi connectivity index (χ1n) is 6.30. The second-order valence-corrected chi connectivity index (χ2v) is 5.33. The Morgan fingerprint density at radius 3 is 2.95 bits per heavy atom. The minimum Gasteiger partial charge on any atom is -0.387 e. The molecule has 2 aromatic heterocycles. The number of rotatable bonds is 4. The fourth-order valence-electron chi connectivity index (χ4n) is 2.06. The molecule has 102 valence electrons. The number of amides is 1. The van der Waals surface area contributed by atoms with E-state index in [1.54, 1.807) is 0 Å². The molecule has 1 unspecified atom stereocenters. The highest BCUT2D eigenvalue weighted by molar-refractivity contribution is 7.07. The van der Waals surface area contributed by atoms with Crippen LogP contribution in [-0.4, -0.2) is 22.5 Å². The van der Waals surface area contributed by atoms with Crippen LogP contribution in [0.3, 0.4) is 0 Å². The SMILES string of the molecule is O=C(NCC(O)c1ccsc1)c1cc2ccccc2[nH]1. The number of carbonyl (C=O) groups excluding carboxylic acids is 1. The van der Waals surface area contributed by atoms with Crippen molar-refractivity contribution in [2.75, 3.05) is 6.54 Å². The Balaban J connectivity index is 1.67. The summed E-state index contributed by atoms with van der Waals surface area (Å²) in [5.41, 5.74) is 2.26. The summed E-state index contributed by atoms with van der Waals surface area (Å²) in [7, 11) is 0. The highest BCUT2D eigenvalue weighted by atomic mass is 32.1. The number of nitrogens with one attached hydrogen (secondary N) is 2. The van der Waals surface area contributed by atoms with Crippen molar-refractivity contribution in [1.29, 1.82) is 0 Å². The lowest BCUT2D eigenvalue weighted by atomic mass is 10.2. The minimum absolute atomic E-state index is 0.199. The average molecular weight is 286 g/mol. The maximum absolute atomic E-state index is 12.0. The molecule has 20 heavy (non-hydrogen) atoms. The van der Waals surface area contributed by atoms with Crippen molar-refractivity contribution < 1.29 is 9.90 Å². The van der Waals surface area contributed by atoms with E-state index in [-0.39, 0.29) is 12.5 Å². The molecule has 0 aliphatic heterocycles. The first-order chi connectivity index (χ1) is 9.74. The van der Waals surface area contributed by atoms with Gasteiger partial charge in [0, 0.05) is 17.4 Å². The van der Waals surface area contributed by atoms with Gasteiger partial charge in [-0.3, -0.25) is 4.79 Å². The number of H-pyrrole nitrogens is 1. The first kappa shape index (κ1) is 12.9. The van der Waals surface area contributed by atoms with Gasteiger partial charge in [-0.2, -0.15) is 11.3 Å². The predicted molar refractivity (Wildman–Crippen MR) is 79.9 cm³/mol. The molecular formula is C15H14N2O2S. The Labute approximate surface area is 120 Å². The van der Waals surface area contributed by atoms with Crippen LogP contribution in [0.5, 0.6) is 0 Å². The normalized spacial score (nSPS) is 12.4. The molecule has 0 radical (unpaired) electrons. The molecule has 3 aromatic rings. The third-order valence-corrected chi connectivity index (χ3v) is 3.86. The maximum Gasteiger partial charge on any atom is 0.267 e. The molecule has 3 N–H and O–H groups in total. The van der Waals surface area contributed by atoms with Gasteiger partial charge in [-0.1, -0.05) is 18.2 Å². The molecule has 3 rings (SSSR count). The van der Waals surface area contributed by atoms with E-state index in [9.17, 15) is 9.90 Å². The zero-order valence-corrected chi connectivity index (χ0v) is 11.5. The van der Waals surface area contributed by atoms with Crippen LogP contribution < -0.4 is 5.32 Å². The van der Waals surface area contributed by atoms with Gasteiger partial charge in [0.1, 0.15) is 5.69 Å². The van der Waals surface area contributed by atoms with Crippen LogP contribution in [-0.2, 0) is 0 Å². The number of thiophene rings is 1. The Morgan fingerprint density at radius 1 is 1.35 bits per heavy atom. The molecule has 0 fully saturated rings. The lowest BCUT2D eigenvalue weighted by molar-refractivity contribution is 0.0912. The van der Waals surface area contributed by atoms with Crippen LogP contribution in [0.2, 0.25) is 0 Å². The molecule has 0 saturated heterocycles. The fourth-order valence-corrected chi connectivity index (χ4v) is 2.77. The highest BCUT2D eigenvalue weighted by Gasteiger charge is 2.12. The van der Waals surface area contributed by atoms with Crippen molar-refractivity contribution in [3.63, 3.8) is 0 Å². The molecule has 0 saturated carbocycles. The van der Waals surface area contributed by atoms with Gasteiger partial charge in [0.05, 0.1) is 6.10 Å². The van der Waals surface area contributed by atoms with E-state index < -0.39 is 6.10 Å². The van der Waals surface area contributed by atoms with Gasteiger partial charge in [0.2, 0.25) is 0 Å². The molecule has 0 aliphatic rings. The van der Waals surface area contributed by atoms with Crippen molar-refractivity contribution in [2.24, 2.45) is 0 Å². The second kappa shape index (κ2) is 5.48. The minimum atomic E-state index is -0.672. The van der Waals surface area contributed by atoms with E-state index in [4.69, 9.17) is 0 Å². The van der Waals surface area contributed by atoms with Crippen LogP contribution >= 0.6 is 11.3 Å². The molecule has 0 spiro atoms. The Morgan fingerprint density at radius 2 is 2.20 bits per heavy atom. The summed E-state index contributed by atoms with van der Waals surface area (Å²) >= 11 is 1.52. The predicted octanol–water partition coefficient (Wildman–Crippen LogP) is 2.69. The van der Waals surface area contributed by atoms with Gasteiger partial charge in [0.25, 0.3) is 5.91 Å². The van der Waals surface area contributed by atoms with E-state index >= 15 is 0 Å². The van der Waals surface area contributed by atoms with Crippen molar-refractivity contribution >= 4 is 28.1 Å². The lowest BCUT2D eigenvalue weighted by Crippen LogP contribution is -2.28. The standard InChI is InChI=1S/C15H14N2O2S/c18-14(11-5-6-20-9-11)8-16-15(19)13-7-10-3-1-2-4-12(10)17-13/h1-7,9,14,17-18H,8H2,(H,16,19). The van der Waals surface area contributed by atoms with Gasteiger partial charge in [-0.05, 0) is 34.5 Å². The van der Waals surface area contributed by atoms with E-state index in [1.807, 2.05) is 47.2 Å². The van der Waals surface area contributed by atoms with Gasteiger partial charge < -0.3 is 15.4 Å². The number of hydrogen-bond acceptors (Lipinski definition) is 3. The monoisotopic (exact) mass is 286 g/mol. The number of aliphatic hydroxyl groups excluding tert-OH is 1. The summed E-state index contributed by atoms with van der Waals surface area (Å²) in [5, 5.41) is 17.4. The molecule has 5 heteroatoms. The Kier molecular flexibility index (Phi) is 3.54. The third-order valence-electron chi connectivity index (χ3n) is 3.16. The summed E-state index contributed by atoms with van der Waals surface area (Å²) in [6.07, 6.45) is -0.672. The van der Waals surface area contributed by atoms with E-state index in [0.717, 1.165) is 16.5 Å². The number of carbonyl (C=O) groups is 1. The zero-order valence-electron chi connectivity index (χ0n) is 10.7. The summed E-state index contributed by atoms with van der Waals surface area (Å²) in [5.74, 6) is -0.213. The number of hydrogen-bond donors (Lipinski definition) is 3. The molecule has 1 amide bonds. The molecule has 1 atom stereocenters. The topological polar surface area (TPSA) is 65.1 Å². The van der Waals surface area contributed by atoms with Gasteiger partial charge in [0.15, 0.2) is 0 Å². The second-order valence-electron chi connectivity index (χ2n) is 4.55. The van der Waals surface area contributed by atoms with Gasteiger partial charge in [-0.15, -0.1) is 0 Å². The number of fused-ring (bicyclic) bond motifs is 1. The van der Waals surface area contributed by atoms with Crippen LogP contribution in [0.25, 0.3) is 10.9 Å². The third kappa shape index (κ3) is 2.59. The Hall–Kier alpha value is -2.11. The van der Waals surface area contributed by atoms with E-state index in [1.165, 1.54) is 11.3 Å².